The monoisotopic (exact) mass is 519 g/mol. The summed E-state index contributed by atoms with van der Waals surface area (Å²) < 4.78 is 21.5. The highest BCUT2D eigenvalue weighted by Crippen LogP contribution is 2.32. The summed E-state index contributed by atoms with van der Waals surface area (Å²) in [5, 5.41) is 0. The molecule has 0 N–H and O–H groups in total. The summed E-state index contributed by atoms with van der Waals surface area (Å²) in [5.41, 5.74) is 3.53. The molecule has 0 saturated carbocycles. The molecule has 7 heteroatoms. The van der Waals surface area contributed by atoms with Crippen molar-refractivity contribution >= 4 is 11.9 Å². The van der Waals surface area contributed by atoms with Gasteiger partial charge in [0.25, 0.3) is 5.91 Å². The molecule has 0 saturated heterocycles. The summed E-state index contributed by atoms with van der Waals surface area (Å²) in [6.45, 7) is 6.39. The van der Waals surface area contributed by atoms with Gasteiger partial charge < -0.3 is 23.8 Å². The standard InChI is InChI=1S/C31H37NO6/c1-6-37-30(33)21-38-27-16-14-25(15-17-27)23(3)32(18-10-13-24-11-8-7-9-12-24)31(34)26-19-28(35-4)22(2)29(20-26)36-5/h7-9,11-12,14-17,19-20,23H,6,10,13,18,21H2,1-5H3. The Morgan fingerprint density at radius 3 is 2.13 bits per heavy atom. The van der Waals surface area contributed by atoms with Gasteiger partial charge in [-0.1, -0.05) is 42.5 Å². The van der Waals surface area contributed by atoms with Gasteiger partial charge >= 0.3 is 5.97 Å². The molecule has 3 rings (SSSR count). The van der Waals surface area contributed by atoms with Crippen LogP contribution in [0.1, 0.15) is 53.4 Å². The van der Waals surface area contributed by atoms with E-state index in [-0.39, 0.29) is 18.6 Å². The fraction of sp³-hybridized carbons (Fsp3) is 0.355. The van der Waals surface area contributed by atoms with Gasteiger partial charge in [0.05, 0.1) is 26.9 Å². The van der Waals surface area contributed by atoms with E-state index in [2.05, 4.69) is 12.1 Å². The molecule has 202 valence electrons. The van der Waals surface area contributed by atoms with E-state index in [1.165, 1.54) is 5.56 Å². The zero-order chi connectivity index (χ0) is 27.5. The van der Waals surface area contributed by atoms with E-state index < -0.39 is 5.97 Å². The third-order valence-corrected chi connectivity index (χ3v) is 6.46. The predicted molar refractivity (Wildman–Crippen MR) is 147 cm³/mol. The van der Waals surface area contributed by atoms with Gasteiger partial charge in [0.15, 0.2) is 6.61 Å². The van der Waals surface area contributed by atoms with Crippen molar-refractivity contribution in [3.8, 4) is 17.2 Å². The van der Waals surface area contributed by atoms with E-state index in [0.717, 1.165) is 24.0 Å². The van der Waals surface area contributed by atoms with Gasteiger partial charge in [-0.25, -0.2) is 4.79 Å². The van der Waals surface area contributed by atoms with Crippen LogP contribution in [0.5, 0.6) is 17.2 Å². The maximum Gasteiger partial charge on any atom is 0.344 e. The molecule has 0 aromatic heterocycles. The molecule has 0 spiro atoms. The molecule has 38 heavy (non-hydrogen) atoms. The molecule has 3 aromatic rings. The number of aryl methyl sites for hydroxylation is 1. The number of hydrogen-bond donors (Lipinski definition) is 0. The Morgan fingerprint density at radius 1 is 0.921 bits per heavy atom. The third-order valence-electron chi connectivity index (χ3n) is 6.46. The van der Waals surface area contributed by atoms with Gasteiger partial charge in [0, 0.05) is 17.7 Å². The molecule has 0 radical (unpaired) electrons. The molecule has 0 heterocycles. The van der Waals surface area contributed by atoms with Gasteiger partial charge in [-0.15, -0.1) is 0 Å². The van der Waals surface area contributed by atoms with Gasteiger partial charge in [0.2, 0.25) is 0 Å². The summed E-state index contributed by atoms with van der Waals surface area (Å²) in [4.78, 5) is 27.4. The van der Waals surface area contributed by atoms with Crippen LogP contribution >= 0.6 is 0 Å². The van der Waals surface area contributed by atoms with Gasteiger partial charge in [-0.3, -0.25) is 4.79 Å². The number of esters is 1. The second-order valence-electron chi connectivity index (χ2n) is 8.93. The zero-order valence-electron chi connectivity index (χ0n) is 22.9. The average Bonchev–Trinajstić information content (AvgIpc) is 2.94. The van der Waals surface area contributed by atoms with Crippen LogP contribution in [0.25, 0.3) is 0 Å². The van der Waals surface area contributed by atoms with E-state index in [9.17, 15) is 9.59 Å². The number of carbonyl (C=O) groups excluding carboxylic acids is 2. The smallest absolute Gasteiger partial charge is 0.344 e. The van der Waals surface area contributed by atoms with Crippen LogP contribution in [-0.2, 0) is 16.0 Å². The number of benzene rings is 3. The lowest BCUT2D eigenvalue weighted by molar-refractivity contribution is -0.145. The van der Waals surface area contributed by atoms with Crippen LogP contribution in [0.15, 0.2) is 66.7 Å². The first-order chi connectivity index (χ1) is 18.4. The fourth-order valence-corrected chi connectivity index (χ4v) is 4.31. The molecule has 0 aliphatic rings. The van der Waals surface area contributed by atoms with Crippen molar-refractivity contribution in [2.45, 2.75) is 39.7 Å². The highest BCUT2D eigenvalue weighted by atomic mass is 16.6. The molecular weight excluding hydrogens is 482 g/mol. The van der Waals surface area contributed by atoms with Gasteiger partial charge in [0.1, 0.15) is 17.2 Å². The predicted octanol–water partition coefficient (Wildman–Crippen LogP) is 5.79. The van der Waals surface area contributed by atoms with E-state index in [4.69, 9.17) is 18.9 Å². The third kappa shape index (κ3) is 7.51. The first-order valence-electron chi connectivity index (χ1n) is 12.8. The molecule has 0 aliphatic carbocycles. The minimum Gasteiger partial charge on any atom is -0.496 e. The summed E-state index contributed by atoms with van der Waals surface area (Å²) in [6, 6.07) is 21.0. The molecule has 0 aliphatic heterocycles. The Balaban J connectivity index is 1.83. The van der Waals surface area contributed by atoms with Gasteiger partial charge in [-0.2, -0.15) is 0 Å². The summed E-state index contributed by atoms with van der Waals surface area (Å²) >= 11 is 0. The van der Waals surface area contributed by atoms with E-state index in [0.29, 0.717) is 36.0 Å². The molecule has 3 aromatic carbocycles. The number of carbonyl (C=O) groups is 2. The number of amides is 1. The Morgan fingerprint density at radius 2 is 1.55 bits per heavy atom. The van der Waals surface area contributed by atoms with E-state index >= 15 is 0 Å². The van der Waals surface area contributed by atoms with Crippen LogP contribution in [0.3, 0.4) is 0 Å². The SMILES string of the molecule is CCOC(=O)COc1ccc(C(C)N(CCCc2ccccc2)C(=O)c2cc(OC)c(C)c(OC)c2)cc1. The molecule has 1 unspecified atom stereocenters. The van der Waals surface area contributed by atoms with E-state index in [1.54, 1.807) is 45.4 Å². The highest BCUT2D eigenvalue weighted by molar-refractivity contribution is 5.95. The lowest BCUT2D eigenvalue weighted by atomic mass is 10.0. The number of ether oxygens (including phenoxy) is 4. The molecule has 1 atom stereocenters. The summed E-state index contributed by atoms with van der Waals surface area (Å²) in [5.74, 6) is 1.25. The highest BCUT2D eigenvalue weighted by Gasteiger charge is 2.24. The van der Waals surface area contributed by atoms with Crippen LogP contribution in [0, 0.1) is 6.92 Å². The van der Waals surface area contributed by atoms with E-state index in [1.807, 2.05) is 49.1 Å². The van der Waals surface area contributed by atoms with Crippen LogP contribution in [-0.4, -0.2) is 50.8 Å². The number of methoxy groups -OCH3 is 2. The maximum absolute atomic E-state index is 13.9. The minimum atomic E-state index is -0.413. The van der Waals surface area contributed by atoms with Crippen molar-refractivity contribution in [1.29, 1.82) is 0 Å². The number of hydrogen-bond acceptors (Lipinski definition) is 6. The normalized spacial score (nSPS) is 11.4. The Labute approximate surface area is 225 Å². The summed E-state index contributed by atoms with van der Waals surface area (Å²) in [6.07, 6.45) is 1.67. The lowest BCUT2D eigenvalue weighted by Gasteiger charge is -2.30. The van der Waals surface area contributed by atoms with Crippen molar-refractivity contribution in [3.63, 3.8) is 0 Å². The number of nitrogens with zero attached hydrogens (tertiary/aromatic N) is 1. The largest absolute Gasteiger partial charge is 0.496 e. The first-order valence-corrected chi connectivity index (χ1v) is 12.8. The summed E-state index contributed by atoms with van der Waals surface area (Å²) in [7, 11) is 3.17. The molecule has 1 amide bonds. The topological polar surface area (TPSA) is 74.3 Å². The zero-order valence-corrected chi connectivity index (χ0v) is 22.9. The quantitative estimate of drug-likeness (QED) is 0.266. The van der Waals surface area contributed by atoms with Crippen molar-refractivity contribution < 1.29 is 28.5 Å². The fourth-order valence-electron chi connectivity index (χ4n) is 4.31. The van der Waals surface area contributed by atoms with Gasteiger partial charge in [-0.05, 0) is 69.0 Å². The van der Waals surface area contributed by atoms with Crippen molar-refractivity contribution in [1.82, 2.24) is 4.90 Å². The van der Waals surface area contributed by atoms with Crippen LogP contribution < -0.4 is 14.2 Å². The van der Waals surface area contributed by atoms with Crippen molar-refractivity contribution in [3.05, 3.63) is 89.0 Å². The number of rotatable bonds is 13. The Hall–Kier alpha value is -4.00. The molecule has 0 bridgehead atoms. The lowest BCUT2D eigenvalue weighted by Crippen LogP contribution is -2.35. The van der Waals surface area contributed by atoms with Crippen molar-refractivity contribution in [2.24, 2.45) is 0 Å². The minimum absolute atomic E-state index is 0.107. The average molecular weight is 520 g/mol. The Bertz CT molecular complexity index is 1170. The molecular formula is C31H37NO6. The molecule has 7 nitrogen and oxygen atoms in total. The maximum atomic E-state index is 13.9. The van der Waals surface area contributed by atoms with Crippen LogP contribution in [0.2, 0.25) is 0 Å². The van der Waals surface area contributed by atoms with Crippen molar-refractivity contribution in [2.75, 3.05) is 34.0 Å². The Kier molecular flexibility index (Phi) is 10.6. The molecule has 0 fully saturated rings. The van der Waals surface area contributed by atoms with Crippen LogP contribution in [0.4, 0.5) is 0 Å². The second kappa shape index (κ2) is 14.1. The first kappa shape index (κ1) is 28.6. The second-order valence-corrected chi connectivity index (χ2v) is 8.93.